The molecule has 1 aromatic rings. The number of amides is 1. The largest absolute Gasteiger partial charge is 0.476 e. The minimum Gasteiger partial charge on any atom is -0.476 e. The molecule has 0 spiro atoms. The van der Waals surface area contributed by atoms with Crippen molar-refractivity contribution in [1.82, 2.24) is 9.88 Å². The quantitative estimate of drug-likeness (QED) is 0.819. The Kier molecular flexibility index (Phi) is 3.97. The fraction of sp³-hybridized carbons (Fsp3) is 0.444. The van der Waals surface area contributed by atoms with E-state index in [4.69, 9.17) is 5.11 Å². The third-order valence-electron chi connectivity index (χ3n) is 1.64. The third-order valence-corrected chi connectivity index (χ3v) is 2.60. The van der Waals surface area contributed by atoms with E-state index in [1.54, 1.807) is 0 Å². The molecule has 1 heterocycles. The number of nitrogens with one attached hydrogen (secondary N) is 1. The first-order chi connectivity index (χ1) is 7.40. The van der Waals surface area contributed by atoms with Crippen molar-refractivity contribution >= 4 is 28.3 Å². The predicted molar refractivity (Wildman–Crippen MR) is 60.8 cm³/mol. The number of carbonyl (C=O) groups is 2. The van der Waals surface area contributed by atoms with Gasteiger partial charge in [0.25, 0.3) is 0 Å². The highest BCUT2D eigenvalue weighted by Crippen LogP contribution is 2.24. The first-order valence-corrected chi connectivity index (χ1v) is 5.37. The topological polar surface area (TPSA) is 82.5 Å². The smallest absolute Gasteiger partial charge is 0.355 e. The van der Waals surface area contributed by atoms with Crippen molar-refractivity contribution in [2.75, 3.05) is 19.4 Å². The van der Waals surface area contributed by atoms with E-state index in [-0.39, 0.29) is 11.6 Å². The van der Waals surface area contributed by atoms with E-state index in [0.29, 0.717) is 16.6 Å². The van der Waals surface area contributed by atoms with E-state index in [2.05, 4.69) is 10.3 Å². The second-order valence-electron chi connectivity index (χ2n) is 3.51. The van der Waals surface area contributed by atoms with Crippen LogP contribution in [0.5, 0.6) is 0 Å². The fourth-order valence-corrected chi connectivity index (χ4v) is 2.23. The van der Waals surface area contributed by atoms with Gasteiger partial charge in [0, 0.05) is 13.5 Å². The monoisotopic (exact) mass is 243 g/mol. The summed E-state index contributed by atoms with van der Waals surface area (Å²) in [4.78, 5) is 28.1. The van der Waals surface area contributed by atoms with Crippen molar-refractivity contribution in [3.05, 3.63) is 10.6 Å². The first kappa shape index (κ1) is 12.6. The van der Waals surface area contributed by atoms with Crippen LogP contribution < -0.4 is 5.32 Å². The van der Waals surface area contributed by atoms with Gasteiger partial charge >= 0.3 is 5.97 Å². The molecule has 0 atom stereocenters. The van der Waals surface area contributed by atoms with Gasteiger partial charge in [0.05, 0.1) is 4.88 Å². The van der Waals surface area contributed by atoms with Crippen LogP contribution in [0, 0.1) is 0 Å². The summed E-state index contributed by atoms with van der Waals surface area (Å²) in [5.41, 5.74) is 0.00227. The van der Waals surface area contributed by atoms with E-state index >= 15 is 0 Å². The molecule has 0 radical (unpaired) electrons. The van der Waals surface area contributed by atoms with Crippen molar-refractivity contribution in [3.63, 3.8) is 0 Å². The summed E-state index contributed by atoms with van der Waals surface area (Å²) in [5.74, 6) is -1.34. The molecule has 0 bridgehead atoms. The zero-order valence-corrected chi connectivity index (χ0v) is 10.1. The second-order valence-corrected chi connectivity index (χ2v) is 4.60. The van der Waals surface area contributed by atoms with Gasteiger partial charge in [-0.25, -0.2) is 9.78 Å². The molecular formula is C9H13N3O3S. The normalized spacial score (nSPS) is 10.5. The number of carboxylic acids is 1. The van der Waals surface area contributed by atoms with Crippen LogP contribution in [0.15, 0.2) is 0 Å². The summed E-state index contributed by atoms with van der Waals surface area (Å²) in [5, 5.41) is 11.7. The number of nitrogens with zero attached hydrogens (tertiary/aromatic N) is 2. The van der Waals surface area contributed by atoms with Crippen LogP contribution in [0.1, 0.15) is 22.3 Å². The first-order valence-electron chi connectivity index (χ1n) is 4.55. The standard InChI is InChI=1S/C9H13N3O3S/c1-5(13)10-9-11-7(8(14)15)6(16-9)4-12(2)3/h4H2,1-3H3,(H,14,15)(H,10,11,13). The molecule has 0 aromatic carbocycles. The second kappa shape index (κ2) is 5.04. The Labute approximate surface area is 96.9 Å². The molecule has 0 unspecified atom stereocenters. The van der Waals surface area contributed by atoms with Crippen molar-refractivity contribution < 1.29 is 14.7 Å². The number of hydrogen-bond acceptors (Lipinski definition) is 5. The minimum atomic E-state index is -1.08. The lowest BCUT2D eigenvalue weighted by Crippen LogP contribution is -2.12. The Balaban J connectivity index is 3.00. The van der Waals surface area contributed by atoms with Gasteiger partial charge in [-0.1, -0.05) is 11.3 Å². The number of rotatable bonds is 4. The predicted octanol–water partition coefficient (Wildman–Crippen LogP) is 0.861. The fourth-order valence-electron chi connectivity index (χ4n) is 1.12. The van der Waals surface area contributed by atoms with Crippen LogP contribution >= 0.6 is 11.3 Å². The van der Waals surface area contributed by atoms with Gasteiger partial charge in [-0.2, -0.15) is 0 Å². The van der Waals surface area contributed by atoms with Gasteiger partial charge in [0.15, 0.2) is 10.8 Å². The van der Waals surface area contributed by atoms with E-state index in [9.17, 15) is 9.59 Å². The number of carbonyl (C=O) groups excluding carboxylic acids is 1. The maximum Gasteiger partial charge on any atom is 0.355 e. The SMILES string of the molecule is CC(=O)Nc1nc(C(=O)O)c(CN(C)C)s1. The number of anilines is 1. The summed E-state index contributed by atoms with van der Waals surface area (Å²) in [6.07, 6.45) is 0. The molecule has 1 aromatic heterocycles. The molecule has 6 nitrogen and oxygen atoms in total. The van der Waals surface area contributed by atoms with Crippen molar-refractivity contribution in [2.45, 2.75) is 13.5 Å². The van der Waals surface area contributed by atoms with Crippen LogP contribution in [-0.4, -0.2) is 41.0 Å². The Hall–Kier alpha value is -1.47. The van der Waals surface area contributed by atoms with Gasteiger partial charge in [-0.05, 0) is 14.1 Å². The van der Waals surface area contributed by atoms with Crippen molar-refractivity contribution in [1.29, 1.82) is 0 Å². The van der Waals surface area contributed by atoms with E-state index in [1.165, 1.54) is 18.3 Å². The molecule has 0 aliphatic heterocycles. The Bertz CT molecular complexity index is 414. The van der Waals surface area contributed by atoms with Crippen LogP contribution in [-0.2, 0) is 11.3 Å². The van der Waals surface area contributed by atoms with Crippen LogP contribution in [0.4, 0.5) is 5.13 Å². The molecule has 1 amide bonds. The summed E-state index contributed by atoms with van der Waals surface area (Å²) in [6.45, 7) is 1.84. The Morgan fingerprint density at radius 1 is 1.50 bits per heavy atom. The summed E-state index contributed by atoms with van der Waals surface area (Å²) >= 11 is 1.18. The lowest BCUT2D eigenvalue weighted by atomic mass is 10.3. The highest BCUT2D eigenvalue weighted by Gasteiger charge is 2.18. The number of carboxylic acid groups (broad SMARTS) is 1. The maximum atomic E-state index is 10.9. The average molecular weight is 243 g/mol. The summed E-state index contributed by atoms with van der Waals surface area (Å²) in [6, 6.07) is 0. The molecule has 0 saturated heterocycles. The minimum absolute atomic E-state index is 0.00227. The number of aromatic carboxylic acids is 1. The zero-order chi connectivity index (χ0) is 12.3. The molecule has 0 aliphatic carbocycles. The van der Waals surface area contributed by atoms with Crippen LogP contribution in [0.25, 0.3) is 0 Å². The van der Waals surface area contributed by atoms with E-state index < -0.39 is 5.97 Å². The van der Waals surface area contributed by atoms with E-state index in [0.717, 1.165) is 0 Å². The molecule has 0 saturated carbocycles. The van der Waals surface area contributed by atoms with Crippen molar-refractivity contribution in [3.8, 4) is 0 Å². The van der Waals surface area contributed by atoms with Gasteiger partial charge in [0.1, 0.15) is 0 Å². The average Bonchev–Trinajstić information content (AvgIpc) is 2.45. The number of aromatic nitrogens is 1. The summed E-state index contributed by atoms with van der Waals surface area (Å²) in [7, 11) is 3.67. The Morgan fingerprint density at radius 3 is 2.56 bits per heavy atom. The van der Waals surface area contributed by atoms with Crippen LogP contribution in [0.2, 0.25) is 0 Å². The highest BCUT2D eigenvalue weighted by molar-refractivity contribution is 7.16. The maximum absolute atomic E-state index is 10.9. The Morgan fingerprint density at radius 2 is 2.12 bits per heavy atom. The molecule has 0 fully saturated rings. The lowest BCUT2D eigenvalue weighted by Gasteiger charge is -2.06. The molecule has 1 rings (SSSR count). The van der Waals surface area contributed by atoms with Gasteiger partial charge in [-0.3, -0.25) is 4.79 Å². The van der Waals surface area contributed by atoms with Crippen LogP contribution in [0.3, 0.4) is 0 Å². The van der Waals surface area contributed by atoms with Crippen molar-refractivity contribution in [2.24, 2.45) is 0 Å². The zero-order valence-electron chi connectivity index (χ0n) is 9.27. The lowest BCUT2D eigenvalue weighted by molar-refractivity contribution is -0.114. The highest BCUT2D eigenvalue weighted by atomic mass is 32.1. The third kappa shape index (κ3) is 3.28. The summed E-state index contributed by atoms with van der Waals surface area (Å²) < 4.78 is 0. The molecular weight excluding hydrogens is 230 g/mol. The molecule has 88 valence electrons. The number of thiazole rings is 1. The molecule has 16 heavy (non-hydrogen) atoms. The van der Waals surface area contributed by atoms with E-state index in [1.807, 2.05) is 19.0 Å². The van der Waals surface area contributed by atoms with Gasteiger partial charge in [-0.15, -0.1) is 0 Å². The van der Waals surface area contributed by atoms with Gasteiger partial charge < -0.3 is 15.3 Å². The molecule has 2 N–H and O–H groups in total. The van der Waals surface area contributed by atoms with Gasteiger partial charge in [0.2, 0.25) is 5.91 Å². The molecule has 0 aliphatic rings. The number of hydrogen-bond donors (Lipinski definition) is 2. The molecule has 7 heteroatoms.